The summed E-state index contributed by atoms with van der Waals surface area (Å²) in [5.74, 6) is 1.29. The molecule has 7 atom stereocenters. The smallest absolute Gasteiger partial charge is 0.405 e. The van der Waals surface area contributed by atoms with Crippen molar-refractivity contribution in [1.82, 2.24) is 0 Å². The van der Waals surface area contributed by atoms with Crippen molar-refractivity contribution in [2.75, 3.05) is 0 Å². The monoisotopic (exact) mass is 431 g/mol. The summed E-state index contributed by atoms with van der Waals surface area (Å²) in [6.07, 6.45) is 4.02. The largest absolute Gasteiger partial charge is 0.461 e. The SMILES string of the molecule is CC(C[C@@H](CCC(=O)c1ccccc1)B1O[C@@H]2C[C@@H]3C[C@@H](C3(C)C)[C@]2(C)O1)S(N)=O. The molecule has 5 nitrogen and oxygen atoms in total. The minimum absolute atomic E-state index is 0.0112. The Kier molecular flexibility index (Phi) is 6.03. The average molecular weight is 431 g/mol. The highest BCUT2D eigenvalue weighted by Gasteiger charge is 2.68. The lowest BCUT2D eigenvalue weighted by molar-refractivity contribution is -0.199. The Bertz CT molecular complexity index is 819. The van der Waals surface area contributed by atoms with Gasteiger partial charge in [0.25, 0.3) is 0 Å². The lowest BCUT2D eigenvalue weighted by Crippen LogP contribution is -2.65. The van der Waals surface area contributed by atoms with Gasteiger partial charge >= 0.3 is 7.12 Å². The van der Waals surface area contributed by atoms with Gasteiger partial charge in [-0.2, -0.15) is 0 Å². The normalized spacial score (nSPS) is 34.6. The molecule has 5 rings (SSSR count). The van der Waals surface area contributed by atoms with E-state index in [0.717, 1.165) is 12.0 Å². The van der Waals surface area contributed by atoms with Crippen LogP contribution >= 0.6 is 0 Å². The highest BCUT2D eigenvalue weighted by Crippen LogP contribution is 2.66. The van der Waals surface area contributed by atoms with Crippen molar-refractivity contribution < 1.29 is 18.3 Å². The molecule has 3 saturated carbocycles. The molecule has 2 bridgehead atoms. The number of benzene rings is 1. The average Bonchev–Trinajstić information content (AvgIpc) is 3.07. The molecule has 1 aromatic carbocycles. The Balaban J connectivity index is 1.48. The van der Waals surface area contributed by atoms with Crippen LogP contribution < -0.4 is 5.14 Å². The maximum Gasteiger partial charge on any atom is 0.461 e. The first-order valence-corrected chi connectivity index (χ1v) is 12.5. The van der Waals surface area contributed by atoms with Gasteiger partial charge in [-0.15, -0.1) is 0 Å². The van der Waals surface area contributed by atoms with Gasteiger partial charge in [0, 0.05) is 17.2 Å². The molecule has 4 aliphatic rings. The van der Waals surface area contributed by atoms with Crippen LogP contribution in [0.5, 0.6) is 0 Å². The van der Waals surface area contributed by atoms with Crippen LogP contribution in [0.15, 0.2) is 30.3 Å². The molecule has 1 heterocycles. The predicted octanol–water partition coefficient (Wildman–Crippen LogP) is 4.15. The molecule has 0 spiro atoms. The van der Waals surface area contributed by atoms with Crippen LogP contribution in [0.1, 0.15) is 70.2 Å². The third-order valence-corrected chi connectivity index (χ3v) is 9.21. The number of Topliss-reactive ketones (excluding diaryl/α,β-unsaturated/α-hetero) is 1. The molecule has 0 radical (unpaired) electrons. The van der Waals surface area contributed by atoms with E-state index in [1.165, 1.54) is 6.42 Å². The number of nitrogens with two attached hydrogens (primary N) is 1. The Morgan fingerprint density at radius 2 is 1.97 bits per heavy atom. The minimum atomic E-state index is -1.41. The van der Waals surface area contributed by atoms with Gasteiger partial charge in [0.05, 0.1) is 22.7 Å². The molecule has 30 heavy (non-hydrogen) atoms. The summed E-state index contributed by atoms with van der Waals surface area (Å²) in [7, 11) is -1.78. The van der Waals surface area contributed by atoms with Gasteiger partial charge in [0.2, 0.25) is 0 Å². The molecule has 1 aromatic rings. The van der Waals surface area contributed by atoms with Crippen LogP contribution in [0.4, 0.5) is 0 Å². The van der Waals surface area contributed by atoms with Gasteiger partial charge in [-0.25, -0.2) is 4.21 Å². The van der Waals surface area contributed by atoms with Gasteiger partial charge in [0.15, 0.2) is 5.78 Å². The Labute approximate surface area is 183 Å². The van der Waals surface area contributed by atoms with E-state index in [0.29, 0.717) is 31.1 Å². The second-order valence-corrected chi connectivity index (χ2v) is 11.8. The van der Waals surface area contributed by atoms with E-state index >= 15 is 0 Å². The molecule has 164 valence electrons. The van der Waals surface area contributed by atoms with Gasteiger partial charge < -0.3 is 9.31 Å². The van der Waals surface area contributed by atoms with Gasteiger partial charge in [-0.1, -0.05) is 44.2 Å². The number of carbonyl (C=O) groups excluding carboxylic acids is 1. The fourth-order valence-corrected chi connectivity index (χ4v) is 6.51. The fourth-order valence-electron chi connectivity index (χ4n) is 6.07. The van der Waals surface area contributed by atoms with Crippen LogP contribution in [0.3, 0.4) is 0 Å². The quantitative estimate of drug-likeness (QED) is 0.496. The first kappa shape index (κ1) is 22.2. The number of carbonyl (C=O) groups is 1. The third-order valence-electron chi connectivity index (χ3n) is 8.22. The summed E-state index contributed by atoms with van der Waals surface area (Å²) in [5, 5.41) is 5.49. The van der Waals surface area contributed by atoms with Crippen molar-refractivity contribution in [2.24, 2.45) is 22.4 Å². The summed E-state index contributed by atoms with van der Waals surface area (Å²) < 4.78 is 25.0. The highest BCUT2D eigenvalue weighted by atomic mass is 32.2. The second-order valence-electron chi connectivity index (χ2n) is 10.3. The molecule has 1 aliphatic heterocycles. The van der Waals surface area contributed by atoms with Crippen molar-refractivity contribution in [3.8, 4) is 0 Å². The maximum atomic E-state index is 12.7. The predicted molar refractivity (Wildman–Crippen MR) is 120 cm³/mol. The second kappa shape index (κ2) is 8.16. The Hall–Kier alpha value is -1.02. The summed E-state index contributed by atoms with van der Waals surface area (Å²) >= 11 is 0. The molecule has 3 aliphatic carbocycles. The first-order chi connectivity index (χ1) is 14.1. The topological polar surface area (TPSA) is 78.6 Å². The molecule has 0 aromatic heterocycles. The van der Waals surface area contributed by atoms with Crippen LogP contribution in [0.25, 0.3) is 0 Å². The van der Waals surface area contributed by atoms with E-state index in [2.05, 4.69) is 20.8 Å². The number of hydrogen-bond donors (Lipinski definition) is 1. The van der Waals surface area contributed by atoms with Gasteiger partial charge in [-0.05, 0) is 62.6 Å². The molecule has 7 heteroatoms. The maximum absolute atomic E-state index is 12.7. The zero-order valence-electron chi connectivity index (χ0n) is 18.5. The molecule has 2 unspecified atom stereocenters. The van der Waals surface area contributed by atoms with E-state index in [-0.39, 0.29) is 41.1 Å². The zero-order valence-corrected chi connectivity index (χ0v) is 19.3. The van der Waals surface area contributed by atoms with E-state index < -0.39 is 11.0 Å². The molecule has 1 saturated heterocycles. The van der Waals surface area contributed by atoms with Crippen molar-refractivity contribution in [2.45, 2.75) is 82.6 Å². The van der Waals surface area contributed by atoms with E-state index in [1.807, 2.05) is 37.3 Å². The summed E-state index contributed by atoms with van der Waals surface area (Å²) in [6, 6.07) is 9.37. The number of rotatable bonds is 8. The summed E-state index contributed by atoms with van der Waals surface area (Å²) in [5.41, 5.74) is 0.729. The highest BCUT2D eigenvalue weighted by molar-refractivity contribution is 7.83. The fraction of sp³-hybridized carbons (Fsp3) is 0.696. The van der Waals surface area contributed by atoms with Crippen molar-refractivity contribution >= 4 is 23.9 Å². The number of hydrogen-bond acceptors (Lipinski definition) is 4. The van der Waals surface area contributed by atoms with Crippen LogP contribution in [-0.4, -0.2) is 34.1 Å². The zero-order chi connectivity index (χ0) is 21.7. The standard InChI is InChI=1S/C23H34BNO4S/c1-15(30(25)27)12-18(10-11-19(26)16-8-6-5-7-9-16)24-28-21-14-17-13-20(22(17,2)3)23(21,4)29-24/h5-9,15,17-18,20-21H,10-14,25H2,1-4H3/t15?,17-,18+,20-,21+,23-,30?/m0/s1. The Morgan fingerprint density at radius 3 is 2.60 bits per heavy atom. The van der Waals surface area contributed by atoms with Gasteiger partial charge in [0.1, 0.15) is 0 Å². The third kappa shape index (κ3) is 3.83. The summed E-state index contributed by atoms with van der Waals surface area (Å²) in [4.78, 5) is 12.7. The molecular weight excluding hydrogens is 397 g/mol. The van der Waals surface area contributed by atoms with Crippen molar-refractivity contribution in [1.29, 1.82) is 0 Å². The van der Waals surface area contributed by atoms with E-state index in [4.69, 9.17) is 14.4 Å². The first-order valence-electron chi connectivity index (χ1n) is 11.2. The lowest BCUT2D eigenvalue weighted by Gasteiger charge is -2.64. The molecule has 0 amide bonds. The van der Waals surface area contributed by atoms with E-state index in [1.54, 1.807) is 0 Å². The molecular formula is C23H34BNO4S. The van der Waals surface area contributed by atoms with Gasteiger partial charge in [-0.3, -0.25) is 9.93 Å². The Morgan fingerprint density at radius 1 is 1.27 bits per heavy atom. The van der Waals surface area contributed by atoms with Crippen molar-refractivity contribution in [3.63, 3.8) is 0 Å². The van der Waals surface area contributed by atoms with Crippen LogP contribution in [0.2, 0.25) is 5.82 Å². The van der Waals surface area contributed by atoms with E-state index in [9.17, 15) is 9.00 Å². The molecule has 2 N–H and O–H groups in total. The number of ketones is 1. The van der Waals surface area contributed by atoms with Crippen LogP contribution in [-0.2, 0) is 20.3 Å². The minimum Gasteiger partial charge on any atom is -0.405 e. The van der Waals surface area contributed by atoms with Crippen molar-refractivity contribution in [3.05, 3.63) is 35.9 Å². The lowest BCUT2D eigenvalue weighted by atomic mass is 9.43. The molecule has 4 fully saturated rings. The van der Waals surface area contributed by atoms with Crippen LogP contribution in [0, 0.1) is 17.3 Å². The summed E-state index contributed by atoms with van der Waals surface area (Å²) in [6.45, 7) is 8.79.